The summed E-state index contributed by atoms with van der Waals surface area (Å²) in [5.41, 5.74) is 4.12. The molecule has 0 spiro atoms. The van der Waals surface area contributed by atoms with E-state index in [4.69, 9.17) is 5.84 Å². The highest BCUT2D eigenvalue weighted by atomic mass is 15.3. The van der Waals surface area contributed by atoms with Crippen molar-refractivity contribution < 1.29 is 0 Å². The van der Waals surface area contributed by atoms with Gasteiger partial charge in [0, 0.05) is 24.3 Å². The van der Waals surface area contributed by atoms with Gasteiger partial charge in [0.15, 0.2) is 0 Å². The van der Waals surface area contributed by atoms with Gasteiger partial charge in [-0.15, -0.1) is 0 Å². The van der Waals surface area contributed by atoms with Crippen molar-refractivity contribution in [2.45, 2.75) is 71.4 Å². The molecule has 18 heavy (non-hydrogen) atoms. The lowest BCUT2D eigenvalue weighted by molar-refractivity contribution is 0.478. The van der Waals surface area contributed by atoms with Gasteiger partial charge in [-0.3, -0.25) is 16.0 Å². The topological polar surface area (TPSA) is 55.9 Å². The Kier molecular flexibility index (Phi) is 7.69. The Balaban J connectivity index is 2.34. The van der Waals surface area contributed by atoms with Crippen LogP contribution in [0.2, 0.25) is 0 Å². The van der Waals surface area contributed by atoms with E-state index >= 15 is 0 Å². The third kappa shape index (κ3) is 5.19. The van der Waals surface area contributed by atoms with Crippen LogP contribution in [0.25, 0.3) is 0 Å². The lowest BCUT2D eigenvalue weighted by Crippen LogP contribution is -2.27. The normalized spacial score (nSPS) is 12.8. The van der Waals surface area contributed by atoms with Crippen molar-refractivity contribution in [1.82, 2.24) is 15.2 Å². The van der Waals surface area contributed by atoms with E-state index in [0.717, 1.165) is 19.4 Å². The summed E-state index contributed by atoms with van der Waals surface area (Å²) in [6, 6.07) is 0.247. The highest BCUT2D eigenvalue weighted by Gasteiger charge is 2.11. The maximum absolute atomic E-state index is 5.64. The Labute approximate surface area is 111 Å². The molecule has 0 aliphatic rings. The molecule has 1 aromatic heterocycles. The van der Waals surface area contributed by atoms with Crippen LogP contribution in [0.5, 0.6) is 0 Å². The molecule has 4 nitrogen and oxygen atoms in total. The lowest BCUT2D eigenvalue weighted by Gasteiger charge is -2.13. The quantitative estimate of drug-likeness (QED) is 0.382. The van der Waals surface area contributed by atoms with Crippen molar-refractivity contribution in [2.24, 2.45) is 5.84 Å². The van der Waals surface area contributed by atoms with Crippen molar-refractivity contribution in [2.75, 3.05) is 0 Å². The number of hydrazine groups is 1. The zero-order valence-corrected chi connectivity index (χ0v) is 11.9. The van der Waals surface area contributed by atoms with Crippen LogP contribution in [0.4, 0.5) is 0 Å². The van der Waals surface area contributed by atoms with Gasteiger partial charge in [0.1, 0.15) is 0 Å². The zero-order chi connectivity index (χ0) is 13.2. The third-order valence-electron chi connectivity index (χ3n) is 3.31. The zero-order valence-electron chi connectivity index (χ0n) is 11.9. The molecule has 0 amide bonds. The second kappa shape index (κ2) is 9.11. The van der Waals surface area contributed by atoms with Crippen LogP contribution in [0.15, 0.2) is 12.4 Å². The second-order valence-electron chi connectivity index (χ2n) is 4.96. The first-order valence-corrected chi connectivity index (χ1v) is 7.30. The summed E-state index contributed by atoms with van der Waals surface area (Å²) in [7, 11) is 0. The molecule has 1 atom stereocenters. The van der Waals surface area contributed by atoms with Gasteiger partial charge in [-0.25, -0.2) is 0 Å². The molecule has 0 bridgehead atoms. The molecule has 0 saturated heterocycles. The van der Waals surface area contributed by atoms with Crippen molar-refractivity contribution in [3.05, 3.63) is 18.0 Å². The summed E-state index contributed by atoms with van der Waals surface area (Å²) in [5.74, 6) is 5.64. The SMILES string of the molecule is CCCCCCCC(NN)c1cnn(CCC)c1. The molecular formula is C14H28N4. The maximum Gasteiger partial charge on any atom is 0.0538 e. The van der Waals surface area contributed by atoms with Gasteiger partial charge in [-0.1, -0.05) is 46.0 Å². The van der Waals surface area contributed by atoms with Crippen molar-refractivity contribution >= 4 is 0 Å². The Hall–Kier alpha value is -0.870. The molecule has 0 aliphatic heterocycles. The smallest absolute Gasteiger partial charge is 0.0538 e. The molecule has 1 unspecified atom stereocenters. The third-order valence-corrected chi connectivity index (χ3v) is 3.31. The Bertz CT molecular complexity index is 308. The van der Waals surface area contributed by atoms with Crippen molar-refractivity contribution in [1.29, 1.82) is 0 Å². The monoisotopic (exact) mass is 252 g/mol. The number of hydrogen-bond acceptors (Lipinski definition) is 3. The average molecular weight is 252 g/mol. The Morgan fingerprint density at radius 3 is 2.67 bits per heavy atom. The predicted octanol–water partition coefficient (Wildman–Crippen LogP) is 3.16. The minimum atomic E-state index is 0.247. The minimum absolute atomic E-state index is 0.247. The van der Waals surface area contributed by atoms with Crippen molar-refractivity contribution in [3.63, 3.8) is 0 Å². The average Bonchev–Trinajstić information content (AvgIpc) is 2.83. The summed E-state index contributed by atoms with van der Waals surface area (Å²) in [6.45, 7) is 5.38. The number of hydrogen-bond donors (Lipinski definition) is 2. The van der Waals surface area contributed by atoms with Crippen LogP contribution >= 0.6 is 0 Å². The van der Waals surface area contributed by atoms with Gasteiger partial charge >= 0.3 is 0 Å². The van der Waals surface area contributed by atoms with E-state index in [9.17, 15) is 0 Å². The van der Waals surface area contributed by atoms with E-state index in [0.29, 0.717) is 0 Å². The molecule has 1 heterocycles. The number of nitrogens with two attached hydrogens (primary N) is 1. The highest BCUT2D eigenvalue weighted by molar-refractivity contribution is 5.09. The Morgan fingerprint density at radius 2 is 2.00 bits per heavy atom. The first kappa shape index (κ1) is 15.2. The van der Waals surface area contributed by atoms with Crippen molar-refractivity contribution in [3.8, 4) is 0 Å². The molecule has 3 N–H and O–H groups in total. The molecule has 0 saturated carbocycles. The summed E-state index contributed by atoms with van der Waals surface area (Å²) in [5, 5.41) is 4.35. The van der Waals surface area contributed by atoms with E-state index < -0.39 is 0 Å². The molecule has 0 aliphatic carbocycles. The fraction of sp³-hybridized carbons (Fsp3) is 0.786. The molecule has 4 heteroatoms. The lowest BCUT2D eigenvalue weighted by atomic mass is 10.0. The standard InChI is InChI=1S/C14H28N4/c1-3-5-6-7-8-9-14(17-15)13-11-16-18(12-13)10-4-2/h11-12,14,17H,3-10,15H2,1-2H3. The van der Waals surface area contributed by atoms with E-state index in [1.807, 2.05) is 10.9 Å². The molecule has 0 radical (unpaired) electrons. The maximum atomic E-state index is 5.64. The van der Waals surface area contributed by atoms with Gasteiger partial charge in [-0.05, 0) is 12.8 Å². The number of nitrogens with one attached hydrogen (secondary N) is 1. The highest BCUT2D eigenvalue weighted by Crippen LogP contribution is 2.19. The van der Waals surface area contributed by atoms with Gasteiger partial charge < -0.3 is 0 Å². The molecule has 104 valence electrons. The number of aryl methyl sites for hydroxylation is 1. The van der Waals surface area contributed by atoms with Crippen LogP contribution in [-0.2, 0) is 6.54 Å². The van der Waals surface area contributed by atoms with Crippen LogP contribution in [0.3, 0.4) is 0 Å². The predicted molar refractivity (Wildman–Crippen MR) is 76.0 cm³/mol. The number of rotatable bonds is 10. The summed E-state index contributed by atoms with van der Waals surface area (Å²) < 4.78 is 2.00. The fourth-order valence-corrected chi connectivity index (χ4v) is 2.21. The summed E-state index contributed by atoms with van der Waals surface area (Å²) in [4.78, 5) is 0. The molecule has 0 fully saturated rings. The number of unbranched alkanes of at least 4 members (excludes halogenated alkanes) is 4. The van der Waals surface area contributed by atoms with E-state index in [-0.39, 0.29) is 6.04 Å². The van der Waals surface area contributed by atoms with Gasteiger partial charge in [0.25, 0.3) is 0 Å². The van der Waals surface area contributed by atoms with E-state index in [1.165, 1.54) is 37.7 Å². The first-order valence-electron chi connectivity index (χ1n) is 7.30. The van der Waals surface area contributed by atoms with Crippen LogP contribution < -0.4 is 11.3 Å². The van der Waals surface area contributed by atoms with Gasteiger partial charge in [0.2, 0.25) is 0 Å². The summed E-state index contributed by atoms with van der Waals surface area (Å²) >= 11 is 0. The van der Waals surface area contributed by atoms with Crippen LogP contribution in [-0.4, -0.2) is 9.78 Å². The van der Waals surface area contributed by atoms with Gasteiger partial charge in [0.05, 0.1) is 6.20 Å². The molecule has 1 rings (SSSR count). The molecular weight excluding hydrogens is 224 g/mol. The Morgan fingerprint density at radius 1 is 1.22 bits per heavy atom. The largest absolute Gasteiger partial charge is 0.272 e. The second-order valence-corrected chi connectivity index (χ2v) is 4.96. The first-order chi connectivity index (χ1) is 8.81. The van der Waals surface area contributed by atoms with E-state index in [1.54, 1.807) is 0 Å². The minimum Gasteiger partial charge on any atom is -0.272 e. The number of aromatic nitrogens is 2. The van der Waals surface area contributed by atoms with E-state index in [2.05, 4.69) is 30.6 Å². The van der Waals surface area contributed by atoms with Crippen LogP contribution in [0.1, 0.15) is 70.4 Å². The van der Waals surface area contributed by atoms with Crippen LogP contribution in [0, 0.1) is 0 Å². The molecule has 0 aromatic carbocycles. The number of nitrogens with zero attached hydrogens (tertiary/aromatic N) is 2. The van der Waals surface area contributed by atoms with Gasteiger partial charge in [-0.2, -0.15) is 5.10 Å². The summed E-state index contributed by atoms with van der Waals surface area (Å²) in [6.07, 6.45) is 12.8. The molecule has 1 aromatic rings. The fourth-order valence-electron chi connectivity index (χ4n) is 2.21.